The molecule has 0 unspecified atom stereocenters. The first-order valence-corrected chi connectivity index (χ1v) is 9.35. The standard InChI is InChI=1S/C21H16ClFN2O3S/c1-2-10-25-20(27)15(19(26)24-21(25)29)11-13-6-8-14(9-7-13)28-12-16-17(22)4-3-5-18(16)23/h2-9,11H,1,10,12H2,(H,24,26,29)/b15-11+. The minimum Gasteiger partial charge on any atom is -0.489 e. The van der Waals surface area contributed by atoms with E-state index in [0.29, 0.717) is 11.3 Å². The van der Waals surface area contributed by atoms with Crippen molar-refractivity contribution in [3.05, 3.63) is 82.7 Å². The Hall–Kier alpha value is -3.03. The summed E-state index contributed by atoms with van der Waals surface area (Å²) < 4.78 is 19.4. The molecule has 1 N–H and O–H groups in total. The van der Waals surface area contributed by atoms with Gasteiger partial charge in [0.2, 0.25) is 0 Å². The van der Waals surface area contributed by atoms with Crippen LogP contribution in [0.3, 0.4) is 0 Å². The van der Waals surface area contributed by atoms with E-state index < -0.39 is 17.6 Å². The van der Waals surface area contributed by atoms with Crippen molar-refractivity contribution < 1.29 is 18.7 Å². The zero-order chi connectivity index (χ0) is 21.0. The second-order valence-corrected chi connectivity index (χ2v) is 6.87. The first-order valence-electron chi connectivity index (χ1n) is 8.56. The van der Waals surface area contributed by atoms with Crippen LogP contribution in [0.25, 0.3) is 6.08 Å². The maximum absolute atomic E-state index is 13.8. The molecule has 1 heterocycles. The Bertz CT molecular complexity index is 1000. The molecule has 148 valence electrons. The van der Waals surface area contributed by atoms with Crippen LogP contribution in [0.2, 0.25) is 5.02 Å². The van der Waals surface area contributed by atoms with E-state index in [4.69, 9.17) is 28.6 Å². The molecule has 1 aliphatic heterocycles. The highest BCUT2D eigenvalue weighted by Gasteiger charge is 2.32. The summed E-state index contributed by atoms with van der Waals surface area (Å²) in [5.41, 5.74) is 0.849. The molecule has 29 heavy (non-hydrogen) atoms. The van der Waals surface area contributed by atoms with Crippen LogP contribution in [-0.4, -0.2) is 28.4 Å². The number of carbonyl (C=O) groups is 2. The van der Waals surface area contributed by atoms with Crippen molar-refractivity contribution >= 4 is 46.8 Å². The van der Waals surface area contributed by atoms with Crippen molar-refractivity contribution in [3.63, 3.8) is 0 Å². The minimum atomic E-state index is -0.560. The van der Waals surface area contributed by atoms with Crippen molar-refractivity contribution in [2.45, 2.75) is 6.61 Å². The molecule has 3 rings (SSSR count). The van der Waals surface area contributed by atoms with Crippen LogP contribution in [-0.2, 0) is 16.2 Å². The van der Waals surface area contributed by atoms with Crippen LogP contribution < -0.4 is 10.1 Å². The van der Waals surface area contributed by atoms with Gasteiger partial charge in [-0.2, -0.15) is 0 Å². The lowest BCUT2D eigenvalue weighted by Gasteiger charge is -2.27. The van der Waals surface area contributed by atoms with Crippen molar-refractivity contribution in [1.82, 2.24) is 10.2 Å². The number of amides is 2. The summed E-state index contributed by atoms with van der Waals surface area (Å²) in [6.07, 6.45) is 2.99. The fourth-order valence-corrected chi connectivity index (χ4v) is 3.11. The summed E-state index contributed by atoms with van der Waals surface area (Å²) in [5.74, 6) is -1.01. The highest BCUT2D eigenvalue weighted by Crippen LogP contribution is 2.22. The van der Waals surface area contributed by atoms with Gasteiger partial charge >= 0.3 is 0 Å². The largest absolute Gasteiger partial charge is 0.489 e. The molecule has 0 aromatic heterocycles. The molecule has 2 aromatic carbocycles. The SMILES string of the molecule is C=CCN1C(=O)/C(=C/c2ccc(OCc3c(F)cccc3Cl)cc2)C(=O)NC1=S. The zero-order valence-electron chi connectivity index (χ0n) is 15.2. The van der Waals surface area contributed by atoms with E-state index >= 15 is 0 Å². The monoisotopic (exact) mass is 430 g/mol. The number of hydrogen-bond acceptors (Lipinski definition) is 4. The molecule has 1 aliphatic rings. The van der Waals surface area contributed by atoms with Crippen LogP contribution in [0.15, 0.2) is 60.7 Å². The molecule has 2 amide bonds. The summed E-state index contributed by atoms with van der Waals surface area (Å²) in [5, 5.41) is 2.82. The maximum Gasteiger partial charge on any atom is 0.265 e. The van der Waals surface area contributed by atoms with Crippen LogP contribution in [0.5, 0.6) is 5.75 Å². The molecule has 8 heteroatoms. The van der Waals surface area contributed by atoms with Gasteiger partial charge < -0.3 is 4.74 Å². The van der Waals surface area contributed by atoms with Gasteiger partial charge in [-0.1, -0.05) is 35.9 Å². The highest BCUT2D eigenvalue weighted by atomic mass is 35.5. The number of nitrogens with one attached hydrogen (secondary N) is 1. The minimum absolute atomic E-state index is 0.0270. The van der Waals surface area contributed by atoms with E-state index in [-0.39, 0.29) is 34.4 Å². The van der Waals surface area contributed by atoms with Crippen molar-refractivity contribution in [2.24, 2.45) is 0 Å². The summed E-state index contributed by atoms with van der Waals surface area (Å²) in [6.45, 7) is 3.75. The molecule has 1 fully saturated rings. The molecule has 0 saturated carbocycles. The molecule has 5 nitrogen and oxygen atoms in total. The second-order valence-electron chi connectivity index (χ2n) is 6.08. The Labute approximate surface area is 177 Å². The lowest BCUT2D eigenvalue weighted by atomic mass is 10.1. The highest BCUT2D eigenvalue weighted by molar-refractivity contribution is 7.80. The van der Waals surface area contributed by atoms with Crippen LogP contribution >= 0.6 is 23.8 Å². The Morgan fingerprint density at radius 1 is 1.21 bits per heavy atom. The van der Waals surface area contributed by atoms with Gasteiger partial charge in [0.25, 0.3) is 11.8 Å². The van der Waals surface area contributed by atoms with E-state index in [1.807, 2.05) is 0 Å². The average molecular weight is 431 g/mol. The number of ether oxygens (including phenoxy) is 1. The molecule has 0 atom stereocenters. The van der Waals surface area contributed by atoms with E-state index in [1.165, 1.54) is 29.2 Å². The summed E-state index contributed by atoms with van der Waals surface area (Å²) in [7, 11) is 0. The smallest absolute Gasteiger partial charge is 0.265 e. The number of nitrogens with zero attached hydrogens (tertiary/aromatic N) is 1. The second kappa shape index (κ2) is 8.98. The first kappa shape index (κ1) is 20.7. The normalized spacial score (nSPS) is 15.4. The van der Waals surface area contributed by atoms with Gasteiger partial charge in [-0.3, -0.25) is 19.8 Å². The van der Waals surface area contributed by atoms with Gasteiger partial charge in [-0.05, 0) is 48.1 Å². The van der Waals surface area contributed by atoms with Gasteiger partial charge in [-0.25, -0.2) is 4.39 Å². The summed E-state index contributed by atoms with van der Waals surface area (Å²) in [6, 6.07) is 11.1. The summed E-state index contributed by atoms with van der Waals surface area (Å²) >= 11 is 11.0. The third-order valence-electron chi connectivity index (χ3n) is 4.13. The zero-order valence-corrected chi connectivity index (χ0v) is 16.7. The molecular formula is C21H16ClFN2O3S. The molecule has 0 radical (unpaired) electrons. The third kappa shape index (κ3) is 4.70. The lowest BCUT2D eigenvalue weighted by Crippen LogP contribution is -2.53. The topological polar surface area (TPSA) is 58.6 Å². The van der Waals surface area contributed by atoms with Crippen LogP contribution in [0.4, 0.5) is 4.39 Å². The third-order valence-corrected chi connectivity index (χ3v) is 4.81. The van der Waals surface area contributed by atoms with Gasteiger partial charge in [0.05, 0.1) is 5.02 Å². The van der Waals surface area contributed by atoms with E-state index in [2.05, 4.69) is 11.9 Å². The first-order chi connectivity index (χ1) is 13.9. The number of hydrogen-bond donors (Lipinski definition) is 1. The van der Waals surface area contributed by atoms with Gasteiger partial charge in [-0.15, -0.1) is 6.58 Å². The van der Waals surface area contributed by atoms with E-state index in [1.54, 1.807) is 30.3 Å². The number of benzene rings is 2. The molecular weight excluding hydrogens is 415 g/mol. The quantitative estimate of drug-likeness (QED) is 0.327. The lowest BCUT2D eigenvalue weighted by molar-refractivity contribution is -0.128. The number of thiocarbonyl (C=S) groups is 1. The number of halogens is 2. The predicted molar refractivity (Wildman–Crippen MR) is 113 cm³/mol. The van der Waals surface area contributed by atoms with Crippen molar-refractivity contribution in [1.29, 1.82) is 0 Å². The average Bonchev–Trinajstić information content (AvgIpc) is 2.69. The molecule has 0 spiro atoms. The number of rotatable bonds is 6. The molecule has 1 saturated heterocycles. The Balaban J connectivity index is 1.74. The Kier molecular flexibility index (Phi) is 6.41. The van der Waals surface area contributed by atoms with Gasteiger partial charge in [0.1, 0.15) is 23.7 Å². The Morgan fingerprint density at radius 3 is 2.59 bits per heavy atom. The summed E-state index contributed by atoms with van der Waals surface area (Å²) in [4.78, 5) is 25.9. The van der Waals surface area contributed by atoms with Crippen molar-refractivity contribution in [3.8, 4) is 5.75 Å². The fraction of sp³-hybridized carbons (Fsp3) is 0.0952. The van der Waals surface area contributed by atoms with Crippen LogP contribution in [0.1, 0.15) is 11.1 Å². The fourth-order valence-electron chi connectivity index (χ4n) is 2.64. The van der Waals surface area contributed by atoms with Crippen molar-refractivity contribution in [2.75, 3.05) is 6.54 Å². The van der Waals surface area contributed by atoms with Crippen LogP contribution in [0, 0.1) is 5.82 Å². The van der Waals surface area contributed by atoms with Gasteiger partial charge in [0.15, 0.2) is 5.11 Å². The molecule has 2 aromatic rings. The van der Waals surface area contributed by atoms with Gasteiger partial charge in [0, 0.05) is 12.1 Å². The Morgan fingerprint density at radius 2 is 1.93 bits per heavy atom. The molecule has 0 bridgehead atoms. The van der Waals surface area contributed by atoms with E-state index in [0.717, 1.165) is 0 Å². The maximum atomic E-state index is 13.8. The van der Waals surface area contributed by atoms with E-state index in [9.17, 15) is 14.0 Å². The predicted octanol–water partition coefficient (Wildman–Crippen LogP) is 3.87. The number of carbonyl (C=O) groups excluding carboxylic acids is 2. The molecule has 0 aliphatic carbocycles.